The quantitative estimate of drug-likeness (QED) is 0.598. The van der Waals surface area contributed by atoms with Crippen LogP contribution in [0.1, 0.15) is 23.2 Å². The summed E-state index contributed by atoms with van der Waals surface area (Å²) in [4.78, 5) is 16.7. The molecule has 4 rings (SSSR count). The molecule has 3 aromatic rings. The van der Waals surface area contributed by atoms with Crippen molar-refractivity contribution in [2.24, 2.45) is 0 Å². The maximum absolute atomic E-state index is 12.4. The van der Waals surface area contributed by atoms with Gasteiger partial charge in [-0.15, -0.1) is 0 Å². The van der Waals surface area contributed by atoms with E-state index in [0.717, 1.165) is 0 Å². The summed E-state index contributed by atoms with van der Waals surface area (Å²) in [6.45, 7) is -0.0245. The van der Waals surface area contributed by atoms with Gasteiger partial charge in [-0.2, -0.15) is 0 Å². The minimum Gasteiger partial charge on any atom is -0.459 e. The predicted octanol–water partition coefficient (Wildman–Crippen LogP) is 3.82. The molecule has 2 aromatic carbocycles. The third kappa shape index (κ3) is 4.55. The molecule has 7 nitrogen and oxygen atoms in total. The van der Waals surface area contributed by atoms with Gasteiger partial charge in [-0.25, -0.2) is 9.78 Å². The molecule has 29 heavy (non-hydrogen) atoms. The van der Waals surface area contributed by atoms with Crippen molar-refractivity contribution >= 4 is 40.3 Å². The first-order valence-electron chi connectivity index (χ1n) is 8.95. The zero-order valence-electron chi connectivity index (χ0n) is 15.0. The van der Waals surface area contributed by atoms with Crippen molar-refractivity contribution in [2.45, 2.75) is 31.3 Å². The van der Waals surface area contributed by atoms with Crippen molar-refractivity contribution in [1.82, 2.24) is 4.98 Å². The normalized spacial score (nSPS) is 22.0. The Hall–Kier alpha value is -2.16. The Morgan fingerprint density at radius 1 is 1.14 bits per heavy atom. The second-order valence-corrected chi connectivity index (χ2v) is 7.62. The van der Waals surface area contributed by atoms with Gasteiger partial charge >= 0.3 is 5.97 Å². The third-order valence-corrected chi connectivity index (χ3v) is 5.02. The number of aromatic nitrogens is 1. The van der Waals surface area contributed by atoms with E-state index in [2.05, 4.69) is 4.98 Å². The summed E-state index contributed by atoms with van der Waals surface area (Å²) in [7, 11) is 0. The molecule has 1 aliphatic heterocycles. The van der Waals surface area contributed by atoms with Crippen molar-refractivity contribution in [3.8, 4) is 11.5 Å². The lowest BCUT2D eigenvalue weighted by molar-refractivity contribution is -0.221. The average Bonchev–Trinajstić information content (AvgIpc) is 3.11. The average molecular weight is 438 g/mol. The molecule has 0 saturated carbocycles. The Bertz CT molecular complexity index is 1030. The van der Waals surface area contributed by atoms with Crippen LogP contribution in [-0.4, -0.2) is 46.3 Å². The number of ether oxygens (including phenoxy) is 2. The van der Waals surface area contributed by atoms with Crippen LogP contribution in [0.5, 0.6) is 0 Å². The van der Waals surface area contributed by atoms with Gasteiger partial charge in [0.1, 0.15) is 18.2 Å². The third-order valence-electron chi connectivity index (χ3n) is 4.58. The van der Waals surface area contributed by atoms with Gasteiger partial charge in [-0.1, -0.05) is 23.2 Å². The van der Waals surface area contributed by atoms with Crippen molar-refractivity contribution in [2.75, 3.05) is 6.61 Å². The summed E-state index contributed by atoms with van der Waals surface area (Å²) in [5.74, 6) is -0.224. The fourth-order valence-electron chi connectivity index (χ4n) is 3.08. The summed E-state index contributed by atoms with van der Waals surface area (Å²) >= 11 is 12.1. The van der Waals surface area contributed by atoms with Gasteiger partial charge < -0.3 is 24.1 Å². The highest BCUT2D eigenvalue weighted by Crippen LogP contribution is 2.29. The van der Waals surface area contributed by atoms with Crippen LogP contribution in [0, 0.1) is 0 Å². The molecular formula is C20H17Cl2NO6. The molecule has 2 heterocycles. The van der Waals surface area contributed by atoms with E-state index in [4.69, 9.17) is 37.1 Å². The van der Waals surface area contributed by atoms with Crippen LogP contribution in [-0.2, 0) is 9.47 Å². The first kappa shape index (κ1) is 20.1. The first-order chi connectivity index (χ1) is 13.9. The molecule has 152 valence electrons. The molecule has 1 fully saturated rings. The molecule has 1 saturated heterocycles. The van der Waals surface area contributed by atoms with E-state index >= 15 is 0 Å². The van der Waals surface area contributed by atoms with Crippen molar-refractivity contribution in [3.63, 3.8) is 0 Å². The maximum Gasteiger partial charge on any atom is 0.338 e. The van der Waals surface area contributed by atoms with Gasteiger partial charge in [0.2, 0.25) is 5.89 Å². The Balaban J connectivity index is 1.48. The number of oxazole rings is 1. The number of aliphatic hydroxyl groups excluding tert-OH is 2. The van der Waals surface area contributed by atoms with Crippen LogP contribution in [0.2, 0.25) is 10.0 Å². The zero-order chi connectivity index (χ0) is 20.5. The Labute approximate surface area is 175 Å². The number of rotatable bonds is 4. The SMILES string of the molecule is O=C(OC[C@@H]1CCC(O)[C@H](O)O1)c1ccc2nc(-c3cc(Cl)cc(Cl)c3)oc2c1. The lowest BCUT2D eigenvalue weighted by atomic mass is 10.1. The van der Waals surface area contributed by atoms with Crippen LogP contribution in [0.15, 0.2) is 40.8 Å². The number of halogens is 2. The minimum atomic E-state index is -1.27. The van der Waals surface area contributed by atoms with Gasteiger partial charge in [-0.3, -0.25) is 0 Å². The van der Waals surface area contributed by atoms with Crippen LogP contribution in [0.3, 0.4) is 0 Å². The summed E-state index contributed by atoms with van der Waals surface area (Å²) in [6, 6.07) is 9.76. The lowest BCUT2D eigenvalue weighted by Gasteiger charge is -2.30. The number of esters is 1. The smallest absolute Gasteiger partial charge is 0.338 e. The van der Waals surface area contributed by atoms with E-state index in [1.54, 1.807) is 36.4 Å². The molecule has 2 N–H and O–H groups in total. The first-order valence-corrected chi connectivity index (χ1v) is 9.70. The lowest BCUT2D eigenvalue weighted by Crippen LogP contribution is -2.40. The Morgan fingerprint density at radius 3 is 2.62 bits per heavy atom. The maximum atomic E-state index is 12.4. The van der Waals surface area contributed by atoms with Gasteiger partial charge in [0.05, 0.1) is 11.7 Å². The molecule has 0 spiro atoms. The molecule has 0 amide bonds. The van der Waals surface area contributed by atoms with E-state index in [0.29, 0.717) is 51.0 Å². The Morgan fingerprint density at radius 2 is 1.90 bits per heavy atom. The zero-order valence-corrected chi connectivity index (χ0v) is 16.6. The van der Waals surface area contributed by atoms with E-state index in [1.807, 2.05) is 0 Å². The summed E-state index contributed by atoms with van der Waals surface area (Å²) in [6.07, 6.45) is -1.79. The number of carbonyl (C=O) groups is 1. The number of fused-ring (bicyclic) bond motifs is 1. The van der Waals surface area contributed by atoms with Gasteiger partial charge in [0.25, 0.3) is 0 Å². The number of aliphatic hydroxyl groups is 2. The van der Waals surface area contributed by atoms with E-state index in [-0.39, 0.29) is 6.61 Å². The predicted molar refractivity (Wildman–Crippen MR) is 106 cm³/mol. The molecule has 1 unspecified atom stereocenters. The van der Waals surface area contributed by atoms with Gasteiger partial charge in [0.15, 0.2) is 11.9 Å². The topological polar surface area (TPSA) is 102 Å². The fraction of sp³-hybridized carbons (Fsp3) is 0.300. The van der Waals surface area contributed by atoms with E-state index in [1.165, 1.54) is 0 Å². The fourth-order valence-corrected chi connectivity index (χ4v) is 3.61. The van der Waals surface area contributed by atoms with E-state index < -0.39 is 24.5 Å². The van der Waals surface area contributed by atoms with Crippen molar-refractivity contribution < 1.29 is 28.9 Å². The van der Waals surface area contributed by atoms with E-state index in [9.17, 15) is 15.0 Å². The molecular weight excluding hydrogens is 421 g/mol. The number of carbonyl (C=O) groups excluding carboxylic acids is 1. The van der Waals surface area contributed by atoms with Crippen LogP contribution in [0.25, 0.3) is 22.6 Å². The monoisotopic (exact) mass is 437 g/mol. The number of hydrogen-bond acceptors (Lipinski definition) is 7. The van der Waals surface area contributed by atoms with Gasteiger partial charge in [-0.05, 0) is 49.2 Å². The van der Waals surface area contributed by atoms with Crippen molar-refractivity contribution in [3.05, 3.63) is 52.0 Å². The molecule has 0 radical (unpaired) electrons. The second kappa shape index (κ2) is 8.30. The summed E-state index contributed by atoms with van der Waals surface area (Å²) in [5.41, 5.74) is 1.90. The molecule has 1 aromatic heterocycles. The summed E-state index contributed by atoms with van der Waals surface area (Å²) < 4.78 is 16.2. The number of nitrogens with zero attached hydrogens (tertiary/aromatic N) is 1. The van der Waals surface area contributed by atoms with Crippen LogP contribution >= 0.6 is 23.2 Å². The van der Waals surface area contributed by atoms with Gasteiger partial charge in [0, 0.05) is 15.6 Å². The molecule has 9 heteroatoms. The standard InChI is InChI=1S/C20H17Cl2NO6/c21-12-5-11(6-13(22)8-12)18-23-15-3-1-10(7-17(15)29-18)19(25)27-9-14-2-4-16(24)20(26)28-14/h1,3,5-8,14,16,20,24,26H,2,4,9H2/t14-,16?,20+/m0/s1. The second-order valence-electron chi connectivity index (χ2n) is 6.75. The Kier molecular flexibility index (Phi) is 5.76. The van der Waals surface area contributed by atoms with Crippen molar-refractivity contribution in [1.29, 1.82) is 0 Å². The highest BCUT2D eigenvalue weighted by molar-refractivity contribution is 6.35. The molecule has 1 aliphatic rings. The van der Waals surface area contributed by atoms with Crippen LogP contribution in [0.4, 0.5) is 0 Å². The molecule has 3 atom stereocenters. The summed E-state index contributed by atoms with van der Waals surface area (Å²) in [5, 5.41) is 19.9. The highest BCUT2D eigenvalue weighted by Gasteiger charge is 2.29. The number of benzene rings is 2. The number of hydrogen-bond donors (Lipinski definition) is 2. The largest absolute Gasteiger partial charge is 0.459 e. The van der Waals surface area contributed by atoms with Crippen LogP contribution < -0.4 is 0 Å². The molecule has 0 bridgehead atoms. The molecule has 0 aliphatic carbocycles. The minimum absolute atomic E-state index is 0.0245. The highest BCUT2D eigenvalue weighted by atomic mass is 35.5.